The first-order chi connectivity index (χ1) is 7.04. The van der Waals surface area contributed by atoms with Crippen molar-refractivity contribution in [1.82, 2.24) is 5.32 Å². The molecule has 0 bridgehead atoms. The van der Waals surface area contributed by atoms with Gasteiger partial charge in [-0.15, -0.1) is 0 Å². The van der Waals surface area contributed by atoms with Crippen LogP contribution in [0.2, 0.25) is 0 Å². The summed E-state index contributed by atoms with van der Waals surface area (Å²) in [5, 5.41) is 14.9. The molecular weight excluding hydrogens is 260 g/mol. The molecule has 4 nitrogen and oxygen atoms in total. The summed E-state index contributed by atoms with van der Waals surface area (Å²) >= 11 is 3.26. The number of phenolic OH excluding ortho intramolecular Hbond substituents is 1. The number of carbonyl (C=O) groups is 1. The van der Waals surface area contributed by atoms with Crippen LogP contribution in [0, 0.1) is 0 Å². The summed E-state index contributed by atoms with van der Waals surface area (Å²) in [5.74, 6) is -0.138. The Morgan fingerprint density at radius 1 is 1.53 bits per heavy atom. The zero-order valence-corrected chi connectivity index (χ0v) is 10.1. The number of carbonyl (C=O) groups excluding carboxylic acids is 1. The van der Waals surface area contributed by atoms with E-state index in [0.29, 0.717) is 5.69 Å². The molecule has 0 radical (unpaired) electrons. The molecule has 1 aromatic rings. The lowest BCUT2D eigenvalue weighted by Gasteiger charge is -2.12. The first kappa shape index (κ1) is 12.0. The third-order valence-electron chi connectivity index (χ3n) is 2.04. The van der Waals surface area contributed by atoms with E-state index in [1.165, 1.54) is 6.07 Å². The van der Waals surface area contributed by atoms with Crippen LogP contribution >= 0.6 is 15.9 Å². The smallest absolute Gasteiger partial charge is 0.241 e. The van der Waals surface area contributed by atoms with Crippen LogP contribution in [-0.2, 0) is 4.79 Å². The topological polar surface area (TPSA) is 61.4 Å². The Kier molecular flexibility index (Phi) is 4.11. The van der Waals surface area contributed by atoms with Gasteiger partial charge in [-0.2, -0.15) is 0 Å². The highest BCUT2D eigenvalue weighted by Gasteiger charge is 2.12. The minimum Gasteiger partial charge on any atom is -0.506 e. The SMILES string of the molecule is CNC(C)C(=O)Nc1cc(Br)ccc1O. The summed E-state index contributed by atoms with van der Waals surface area (Å²) in [6.45, 7) is 1.74. The minimum atomic E-state index is -0.302. The number of benzene rings is 1. The average molecular weight is 273 g/mol. The largest absolute Gasteiger partial charge is 0.506 e. The highest BCUT2D eigenvalue weighted by molar-refractivity contribution is 9.10. The van der Waals surface area contributed by atoms with E-state index in [1.54, 1.807) is 26.1 Å². The van der Waals surface area contributed by atoms with Crippen molar-refractivity contribution >= 4 is 27.5 Å². The molecule has 5 heteroatoms. The lowest BCUT2D eigenvalue weighted by Crippen LogP contribution is -2.35. The molecule has 0 saturated carbocycles. The molecule has 1 aromatic carbocycles. The second-order valence-corrected chi connectivity index (χ2v) is 4.08. The molecule has 0 fully saturated rings. The number of halogens is 1. The van der Waals surface area contributed by atoms with Crippen molar-refractivity contribution in [2.24, 2.45) is 0 Å². The van der Waals surface area contributed by atoms with Crippen LogP contribution in [-0.4, -0.2) is 24.1 Å². The van der Waals surface area contributed by atoms with Crippen molar-refractivity contribution in [2.45, 2.75) is 13.0 Å². The van der Waals surface area contributed by atoms with E-state index in [2.05, 4.69) is 26.6 Å². The van der Waals surface area contributed by atoms with E-state index in [9.17, 15) is 9.90 Å². The van der Waals surface area contributed by atoms with E-state index in [4.69, 9.17) is 0 Å². The number of likely N-dealkylation sites (N-methyl/N-ethyl adjacent to an activating group) is 1. The van der Waals surface area contributed by atoms with E-state index in [1.807, 2.05) is 0 Å². The summed E-state index contributed by atoms with van der Waals surface area (Å²) in [6, 6.07) is 4.56. The normalized spacial score (nSPS) is 12.2. The minimum absolute atomic E-state index is 0.0508. The maximum atomic E-state index is 11.5. The van der Waals surface area contributed by atoms with Crippen LogP contribution in [0.5, 0.6) is 5.75 Å². The molecule has 0 spiro atoms. The third kappa shape index (κ3) is 3.21. The number of amides is 1. The Bertz CT molecular complexity index is 368. The summed E-state index contributed by atoms with van der Waals surface area (Å²) in [6.07, 6.45) is 0. The van der Waals surface area contributed by atoms with Gasteiger partial charge in [-0.05, 0) is 32.2 Å². The second kappa shape index (κ2) is 5.14. The van der Waals surface area contributed by atoms with E-state index >= 15 is 0 Å². The van der Waals surface area contributed by atoms with Gasteiger partial charge in [0.1, 0.15) is 5.75 Å². The van der Waals surface area contributed by atoms with E-state index < -0.39 is 0 Å². The fourth-order valence-electron chi connectivity index (χ4n) is 0.980. The Morgan fingerprint density at radius 3 is 2.80 bits per heavy atom. The molecule has 3 N–H and O–H groups in total. The molecule has 15 heavy (non-hydrogen) atoms. The maximum Gasteiger partial charge on any atom is 0.241 e. The molecule has 82 valence electrons. The number of anilines is 1. The average Bonchev–Trinajstić information content (AvgIpc) is 2.22. The fraction of sp³-hybridized carbons (Fsp3) is 0.300. The van der Waals surface area contributed by atoms with Crippen molar-refractivity contribution in [3.8, 4) is 5.75 Å². The fourth-order valence-corrected chi connectivity index (χ4v) is 1.34. The van der Waals surface area contributed by atoms with Gasteiger partial charge in [-0.3, -0.25) is 4.79 Å². The standard InChI is InChI=1S/C10H13BrN2O2/c1-6(12-2)10(15)13-8-5-7(11)3-4-9(8)14/h3-6,12,14H,1-2H3,(H,13,15). The van der Waals surface area contributed by atoms with Crippen molar-refractivity contribution < 1.29 is 9.90 Å². The monoisotopic (exact) mass is 272 g/mol. The molecule has 1 amide bonds. The molecule has 0 aromatic heterocycles. The molecule has 0 heterocycles. The molecule has 1 atom stereocenters. The van der Waals surface area contributed by atoms with Gasteiger partial charge in [0.15, 0.2) is 0 Å². The Balaban J connectivity index is 2.80. The molecule has 0 aliphatic rings. The molecule has 1 rings (SSSR count). The van der Waals surface area contributed by atoms with Crippen molar-refractivity contribution in [1.29, 1.82) is 0 Å². The molecule has 0 saturated heterocycles. The van der Waals surface area contributed by atoms with Crippen LogP contribution in [0.1, 0.15) is 6.92 Å². The van der Waals surface area contributed by atoms with Gasteiger partial charge >= 0.3 is 0 Å². The van der Waals surface area contributed by atoms with Crippen LogP contribution in [0.3, 0.4) is 0 Å². The molecule has 0 aliphatic heterocycles. The quantitative estimate of drug-likeness (QED) is 0.734. The molecular formula is C10H13BrN2O2. The Labute approximate surface area is 96.8 Å². The van der Waals surface area contributed by atoms with Crippen molar-refractivity contribution in [3.05, 3.63) is 22.7 Å². The Morgan fingerprint density at radius 2 is 2.20 bits per heavy atom. The molecule has 0 aliphatic carbocycles. The van der Waals surface area contributed by atoms with Gasteiger partial charge < -0.3 is 15.7 Å². The zero-order chi connectivity index (χ0) is 11.4. The van der Waals surface area contributed by atoms with E-state index in [-0.39, 0.29) is 17.7 Å². The van der Waals surface area contributed by atoms with Gasteiger partial charge in [0.05, 0.1) is 11.7 Å². The van der Waals surface area contributed by atoms with E-state index in [0.717, 1.165) is 4.47 Å². The number of hydrogen-bond donors (Lipinski definition) is 3. The van der Waals surface area contributed by atoms with Crippen LogP contribution < -0.4 is 10.6 Å². The summed E-state index contributed by atoms with van der Waals surface area (Å²) in [5.41, 5.74) is 0.400. The third-order valence-corrected chi connectivity index (χ3v) is 2.54. The van der Waals surface area contributed by atoms with Gasteiger partial charge in [0.2, 0.25) is 5.91 Å². The van der Waals surface area contributed by atoms with Crippen molar-refractivity contribution in [2.75, 3.05) is 12.4 Å². The number of nitrogens with one attached hydrogen (secondary N) is 2. The summed E-state index contributed by atoms with van der Waals surface area (Å²) in [7, 11) is 1.70. The highest BCUT2D eigenvalue weighted by atomic mass is 79.9. The number of hydrogen-bond acceptors (Lipinski definition) is 3. The second-order valence-electron chi connectivity index (χ2n) is 3.16. The van der Waals surface area contributed by atoms with Crippen molar-refractivity contribution in [3.63, 3.8) is 0 Å². The molecule has 1 unspecified atom stereocenters. The zero-order valence-electron chi connectivity index (χ0n) is 8.54. The lowest BCUT2D eigenvalue weighted by molar-refractivity contribution is -0.117. The number of rotatable bonds is 3. The highest BCUT2D eigenvalue weighted by Crippen LogP contribution is 2.26. The maximum absolute atomic E-state index is 11.5. The summed E-state index contributed by atoms with van der Waals surface area (Å²) in [4.78, 5) is 11.5. The predicted octanol–water partition coefficient (Wildman–Crippen LogP) is 1.70. The van der Waals surface area contributed by atoms with Gasteiger partial charge in [0, 0.05) is 4.47 Å². The van der Waals surface area contributed by atoms with Crippen LogP contribution in [0.25, 0.3) is 0 Å². The predicted molar refractivity (Wildman–Crippen MR) is 63.0 cm³/mol. The lowest BCUT2D eigenvalue weighted by atomic mass is 10.2. The van der Waals surface area contributed by atoms with Crippen LogP contribution in [0.4, 0.5) is 5.69 Å². The van der Waals surface area contributed by atoms with Gasteiger partial charge in [-0.25, -0.2) is 0 Å². The number of phenols is 1. The van der Waals surface area contributed by atoms with Gasteiger partial charge in [-0.1, -0.05) is 15.9 Å². The first-order valence-corrected chi connectivity index (χ1v) is 5.30. The van der Waals surface area contributed by atoms with Gasteiger partial charge in [0.25, 0.3) is 0 Å². The first-order valence-electron chi connectivity index (χ1n) is 4.51. The number of aromatic hydroxyl groups is 1. The summed E-state index contributed by atoms with van der Waals surface area (Å²) < 4.78 is 0.799. The van der Waals surface area contributed by atoms with Crippen LogP contribution in [0.15, 0.2) is 22.7 Å². The Hall–Kier alpha value is -1.07.